The van der Waals surface area contributed by atoms with Crippen LogP contribution >= 0.6 is 0 Å². The van der Waals surface area contributed by atoms with Crippen molar-refractivity contribution in [3.63, 3.8) is 0 Å². The monoisotopic (exact) mass is 302 g/mol. The number of rotatable bonds is 6. The van der Waals surface area contributed by atoms with Crippen LogP contribution in [0.15, 0.2) is 17.0 Å². The molecule has 1 rings (SSSR count). The Morgan fingerprint density at radius 3 is 2.35 bits per heavy atom. The Kier molecular flexibility index (Phi) is 5.21. The van der Waals surface area contributed by atoms with E-state index in [9.17, 15) is 18.5 Å². The third-order valence-electron chi connectivity index (χ3n) is 2.65. The van der Waals surface area contributed by atoms with Crippen molar-refractivity contribution >= 4 is 15.7 Å². The number of sulfonamides is 1. The standard InChI is InChI=1S/C12H18N2O5S/c1-8(2)7-19-13-20(17,18)12-6-10(4)9(3)5-11(12)14(15)16/h5-6,8,13H,7H2,1-4H3. The zero-order valence-electron chi connectivity index (χ0n) is 11.8. The van der Waals surface area contributed by atoms with Gasteiger partial charge in [-0.2, -0.15) is 0 Å². The summed E-state index contributed by atoms with van der Waals surface area (Å²) in [6, 6.07) is 2.51. The Morgan fingerprint density at radius 2 is 1.85 bits per heavy atom. The van der Waals surface area contributed by atoms with E-state index in [1.165, 1.54) is 12.1 Å². The fourth-order valence-electron chi connectivity index (χ4n) is 1.46. The van der Waals surface area contributed by atoms with Gasteiger partial charge < -0.3 is 0 Å². The van der Waals surface area contributed by atoms with Crippen molar-refractivity contribution in [2.75, 3.05) is 6.61 Å². The number of aryl methyl sites for hydroxylation is 2. The second-order valence-corrected chi connectivity index (χ2v) is 6.57. The van der Waals surface area contributed by atoms with E-state index >= 15 is 0 Å². The lowest BCUT2D eigenvalue weighted by Gasteiger charge is -2.10. The van der Waals surface area contributed by atoms with Crippen LogP contribution in [-0.2, 0) is 14.9 Å². The zero-order chi connectivity index (χ0) is 15.5. The largest absolute Gasteiger partial charge is 0.289 e. The summed E-state index contributed by atoms with van der Waals surface area (Å²) in [5.41, 5.74) is 0.840. The Balaban J connectivity index is 3.17. The number of nitro groups is 1. The topological polar surface area (TPSA) is 98.5 Å². The van der Waals surface area contributed by atoms with Gasteiger partial charge in [0.25, 0.3) is 15.7 Å². The van der Waals surface area contributed by atoms with Gasteiger partial charge in [0.1, 0.15) is 0 Å². The van der Waals surface area contributed by atoms with Crippen LogP contribution in [0.2, 0.25) is 0 Å². The molecule has 0 radical (unpaired) electrons. The second kappa shape index (κ2) is 6.29. The van der Waals surface area contributed by atoms with E-state index < -0.39 is 25.5 Å². The molecule has 7 nitrogen and oxygen atoms in total. The Bertz CT molecular complexity index is 611. The maximum atomic E-state index is 12.1. The van der Waals surface area contributed by atoms with Crippen molar-refractivity contribution in [1.82, 2.24) is 4.89 Å². The summed E-state index contributed by atoms with van der Waals surface area (Å²) in [6.45, 7) is 7.26. The second-order valence-electron chi connectivity index (χ2n) is 4.95. The van der Waals surface area contributed by atoms with E-state index in [1.54, 1.807) is 13.8 Å². The minimum Gasteiger partial charge on any atom is -0.287 e. The highest BCUT2D eigenvalue weighted by atomic mass is 32.2. The lowest BCUT2D eigenvalue weighted by Crippen LogP contribution is -2.26. The fraction of sp³-hybridized carbons (Fsp3) is 0.500. The minimum atomic E-state index is -4.08. The van der Waals surface area contributed by atoms with Gasteiger partial charge in [-0.25, -0.2) is 8.42 Å². The molecule has 0 bridgehead atoms. The van der Waals surface area contributed by atoms with Gasteiger partial charge in [-0.05, 0) is 37.0 Å². The van der Waals surface area contributed by atoms with Crippen LogP contribution in [0, 0.1) is 29.9 Å². The molecule has 0 fully saturated rings. The van der Waals surface area contributed by atoms with Gasteiger partial charge in [0.05, 0.1) is 11.5 Å². The SMILES string of the molecule is Cc1cc([N+](=O)[O-])c(S(=O)(=O)NOCC(C)C)cc1C. The quantitative estimate of drug-likeness (QED) is 0.640. The van der Waals surface area contributed by atoms with Gasteiger partial charge in [-0.3, -0.25) is 15.0 Å². The van der Waals surface area contributed by atoms with E-state index in [0.717, 1.165) is 0 Å². The predicted molar refractivity (Wildman–Crippen MR) is 73.7 cm³/mol. The number of nitro benzene ring substituents is 1. The Labute approximate surface area is 118 Å². The fourth-order valence-corrected chi connectivity index (χ4v) is 2.51. The summed E-state index contributed by atoms with van der Waals surface area (Å²) in [5, 5.41) is 11.0. The van der Waals surface area contributed by atoms with Crippen LogP contribution in [0.3, 0.4) is 0 Å². The average molecular weight is 302 g/mol. The van der Waals surface area contributed by atoms with Gasteiger partial charge in [0.15, 0.2) is 4.90 Å². The van der Waals surface area contributed by atoms with Crippen molar-refractivity contribution in [2.24, 2.45) is 5.92 Å². The molecule has 0 heterocycles. The van der Waals surface area contributed by atoms with Crippen molar-refractivity contribution in [2.45, 2.75) is 32.6 Å². The summed E-state index contributed by atoms with van der Waals surface area (Å²) in [7, 11) is -4.08. The summed E-state index contributed by atoms with van der Waals surface area (Å²) in [5.74, 6) is 0.132. The van der Waals surface area contributed by atoms with Gasteiger partial charge in [-0.1, -0.05) is 18.7 Å². The molecule has 0 aromatic heterocycles. The molecule has 8 heteroatoms. The molecule has 0 saturated carbocycles. The number of hydrogen-bond donors (Lipinski definition) is 1. The first-order chi connectivity index (χ1) is 9.15. The average Bonchev–Trinajstić information content (AvgIpc) is 2.30. The van der Waals surface area contributed by atoms with Gasteiger partial charge in [0, 0.05) is 6.07 Å². The smallest absolute Gasteiger partial charge is 0.287 e. The summed E-state index contributed by atoms with van der Waals surface area (Å²) in [6.07, 6.45) is 0. The Morgan fingerprint density at radius 1 is 1.30 bits per heavy atom. The molecule has 1 aromatic carbocycles. The van der Waals surface area contributed by atoms with E-state index in [0.29, 0.717) is 11.1 Å². The Hall–Kier alpha value is -1.51. The first-order valence-corrected chi connectivity index (χ1v) is 7.52. The molecule has 1 N–H and O–H groups in total. The normalized spacial score (nSPS) is 11.8. The highest BCUT2D eigenvalue weighted by Gasteiger charge is 2.27. The van der Waals surface area contributed by atoms with Crippen molar-refractivity contribution < 1.29 is 18.2 Å². The van der Waals surface area contributed by atoms with Crippen molar-refractivity contribution in [3.8, 4) is 0 Å². The molecule has 0 spiro atoms. The molecular weight excluding hydrogens is 284 g/mol. The van der Waals surface area contributed by atoms with Crippen LogP contribution in [0.1, 0.15) is 25.0 Å². The van der Waals surface area contributed by atoms with E-state index in [2.05, 4.69) is 0 Å². The lowest BCUT2D eigenvalue weighted by atomic mass is 10.1. The minimum absolute atomic E-state index is 0.132. The molecule has 0 unspecified atom stereocenters. The van der Waals surface area contributed by atoms with Crippen LogP contribution in [0.4, 0.5) is 5.69 Å². The highest BCUT2D eigenvalue weighted by molar-refractivity contribution is 7.89. The molecule has 112 valence electrons. The van der Waals surface area contributed by atoms with Crippen LogP contribution in [0.5, 0.6) is 0 Å². The van der Waals surface area contributed by atoms with E-state index in [4.69, 9.17) is 4.84 Å². The molecule has 0 atom stereocenters. The first-order valence-electron chi connectivity index (χ1n) is 6.04. The summed E-state index contributed by atoms with van der Waals surface area (Å²) in [4.78, 5) is 16.6. The number of hydrogen-bond acceptors (Lipinski definition) is 5. The predicted octanol–water partition coefficient (Wildman–Crippen LogP) is 2.08. The molecule has 0 saturated heterocycles. The highest BCUT2D eigenvalue weighted by Crippen LogP contribution is 2.27. The van der Waals surface area contributed by atoms with Crippen LogP contribution in [0.25, 0.3) is 0 Å². The number of nitrogens with zero attached hydrogens (tertiary/aromatic N) is 1. The van der Waals surface area contributed by atoms with Gasteiger partial charge in [-0.15, -0.1) is 0 Å². The molecule has 0 aliphatic carbocycles. The van der Waals surface area contributed by atoms with E-state index in [-0.39, 0.29) is 12.5 Å². The summed E-state index contributed by atoms with van der Waals surface area (Å²) >= 11 is 0. The molecule has 0 aliphatic rings. The van der Waals surface area contributed by atoms with Gasteiger partial charge in [0.2, 0.25) is 0 Å². The van der Waals surface area contributed by atoms with Crippen molar-refractivity contribution in [3.05, 3.63) is 33.4 Å². The van der Waals surface area contributed by atoms with Crippen LogP contribution in [-0.4, -0.2) is 19.9 Å². The first kappa shape index (κ1) is 16.5. The maximum absolute atomic E-state index is 12.1. The summed E-state index contributed by atoms with van der Waals surface area (Å²) < 4.78 is 24.1. The lowest BCUT2D eigenvalue weighted by molar-refractivity contribution is -0.387. The number of benzene rings is 1. The van der Waals surface area contributed by atoms with E-state index in [1.807, 2.05) is 18.7 Å². The molecule has 0 aliphatic heterocycles. The third-order valence-corrected chi connectivity index (χ3v) is 3.89. The van der Waals surface area contributed by atoms with Gasteiger partial charge >= 0.3 is 0 Å². The van der Waals surface area contributed by atoms with Crippen molar-refractivity contribution in [1.29, 1.82) is 0 Å². The van der Waals surface area contributed by atoms with Crippen LogP contribution < -0.4 is 4.89 Å². The molecule has 20 heavy (non-hydrogen) atoms. The maximum Gasteiger partial charge on any atom is 0.289 e. The third kappa shape index (κ3) is 3.99. The molecule has 1 aromatic rings. The molecule has 0 amide bonds. The molecular formula is C12H18N2O5S. The number of nitrogens with one attached hydrogen (secondary N) is 1. The zero-order valence-corrected chi connectivity index (χ0v) is 12.7.